The van der Waals surface area contributed by atoms with Gasteiger partial charge in [0.2, 0.25) is 5.95 Å². The van der Waals surface area contributed by atoms with Crippen molar-refractivity contribution in [1.82, 2.24) is 19.8 Å². The first kappa shape index (κ1) is 27.3. The average molecular weight is 559 g/mol. The second-order valence-corrected chi connectivity index (χ2v) is 10.9. The number of amides is 1. The molecule has 41 heavy (non-hydrogen) atoms. The van der Waals surface area contributed by atoms with E-state index in [9.17, 15) is 4.79 Å². The number of anilines is 3. The Labute approximate surface area is 240 Å². The molecule has 10 heteroatoms. The van der Waals surface area contributed by atoms with Crippen LogP contribution in [0.1, 0.15) is 42.5 Å². The fourth-order valence-corrected chi connectivity index (χ4v) is 5.94. The average Bonchev–Trinajstić information content (AvgIpc) is 3.72. The molecule has 0 aliphatic carbocycles. The summed E-state index contributed by atoms with van der Waals surface area (Å²) < 4.78 is 17.1. The molecular formula is C31H38N6O4. The van der Waals surface area contributed by atoms with Gasteiger partial charge < -0.3 is 30.2 Å². The highest BCUT2D eigenvalue weighted by Crippen LogP contribution is 2.31. The summed E-state index contributed by atoms with van der Waals surface area (Å²) in [6, 6.07) is 13.5. The largest absolute Gasteiger partial charge is 0.496 e. The van der Waals surface area contributed by atoms with Crippen molar-refractivity contribution in [3.05, 3.63) is 54.2 Å². The Morgan fingerprint density at radius 1 is 1.02 bits per heavy atom. The van der Waals surface area contributed by atoms with Crippen LogP contribution < -0.4 is 20.5 Å². The lowest BCUT2D eigenvalue weighted by Gasteiger charge is -2.24. The van der Waals surface area contributed by atoms with Gasteiger partial charge in [-0.15, -0.1) is 0 Å². The first-order valence-corrected chi connectivity index (χ1v) is 14.5. The lowest BCUT2D eigenvalue weighted by Crippen LogP contribution is -2.37. The highest BCUT2D eigenvalue weighted by atomic mass is 16.5. The number of ether oxygens (including phenoxy) is 3. The number of benzene rings is 2. The molecule has 3 aliphatic heterocycles. The Hall–Kier alpha value is -3.89. The van der Waals surface area contributed by atoms with Crippen molar-refractivity contribution in [2.45, 2.75) is 44.2 Å². The van der Waals surface area contributed by atoms with Gasteiger partial charge in [-0.05, 0) is 68.8 Å². The summed E-state index contributed by atoms with van der Waals surface area (Å²) in [6.07, 6.45) is 7.08. The monoisotopic (exact) mass is 558 g/mol. The first-order valence-electron chi connectivity index (χ1n) is 14.5. The lowest BCUT2D eigenvalue weighted by atomic mass is 10.1. The molecule has 0 bridgehead atoms. The minimum Gasteiger partial charge on any atom is -0.496 e. The predicted octanol–water partition coefficient (Wildman–Crippen LogP) is 4.35. The number of hydrogen-bond donors (Lipinski definition) is 2. The number of carbonyl (C=O) groups excluding carboxylic acids is 1. The molecule has 3 N–H and O–H groups in total. The highest BCUT2D eigenvalue weighted by molar-refractivity contribution is 5.97. The molecular weight excluding hydrogens is 520 g/mol. The van der Waals surface area contributed by atoms with Gasteiger partial charge in [0.1, 0.15) is 17.6 Å². The number of nitrogens with two attached hydrogens (primary N) is 1. The van der Waals surface area contributed by atoms with Crippen molar-refractivity contribution in [3.63, 3.8) is 0 Å². The summed E-state index contributed by atoms with van der Waals surface area (Å²) in [6.45, 7) is 5.25. The fraction of sp³-hybridized carbons (Fsp3) is 0.452. The van der Waals surface area contributed by atoms with E-state index >= 15 is 0 Å². The van der Waals surface area contributed by atoms with E-state index in [1.807, 2.05) is 47.4 Å². The van der Waals surface area contributed by atoms with Gasteiger partial charge in [0.15, 0.2) is 0 Å². The van der Waals surface area contributed by atoms with Crippen molar-refractivity contribution < 1.29 is 19.0 Å². The predicted molar refractivity (Wildman–Crippen MR) is 158 cm³/mol. The van der Waals surface area contributed by atoms with Crippen LogP contribution in [0.4, 0.5) is 17.3 Å². The van der Waals surface area contributed by atoms with E-state index in [1.54, 1.807) is 13.3 Å². The maximum Gasteiger partial charge on any atom is 0.257 e. The zero-order chi connectivity index (χ0) is 28.2. The molecule has 0 radical (unpaired) electrons. The normalized spacial score (nSPS) is 19.8. The molecule has 6 rings (SSSR count). The minimum atomic E-state index is 0.00943. The van der Waals surface area contributed by atoms with E-state index in [1.165, 1.54) is 12.8 Å². The molecule has 0 spiro atoms. The maximum absolute atomic E-state index is 13.4. The first-order chi connectivity index (χ1) is 20.1. The van der Waals surface area contributed by atoms with E-state index in [0.29, 0.717) is 48.0 Å². The SMILES string of the molecule is COc1cc(Nc2nccc(-c3ccc(OC4CCOCC4)c(N)c3)n2)ccc1C(=O)N1CCC(N2CCCC2)C1. The molecule has 3 saturated heterocycles. The maximum atomic E-state index is 13.4. The third kappa shape index (κ3) is 6.23. The van der Waals surface area contributed by atoms with Gasteiger partial charge in [0.05, 0.1) is 37.3 Å². The number of nitrogen functional groups attached to an aromatic ring is 1. The van der Waals surface area contributed by atoms with Gasteiger partial charge in [-0.1, -0.05) is 0 Å². The molecule has 1 amide bonds. The third-order valence-corrected chi connectivity index (χ3v) is 8.22. The number of carbonyl (C=O) groups is 1. The number of hydrogen-bond acceptors (Lipinski definition) is 9. The van der Waals surface area contributed by atoms with E-state index in [0.717, 1.165) is 62.4 Å². The summed E-state index contributed by atoms with van der Waals surface area (Å²) in [5.41, 5.74) is 9.78. The number of rotatable bonds is 8. The van der Waals surface area contributed by atoms with Crippen LogP contribution >= 0.6 is 0 Å². The molecule has 216 valence electrons. The van der Waals surface area contributed by atoms with Gasteiger partial charge in [-0.25, -0.2) is 9.97 Å². The molecule has 1 unspecified atom stereocenters. The Balaban J connectivity index is 1.13. The summed E-state index contributed by atoms with van der Waals surface area (Å²) >= 11 is 0. The Morgan fingerprint density at radius 2 is 1.85 bits per heavy atom. The van der Waals surface area contributed by atoms with Crippen LogP contribution in [0.2, 0.25) is 0 Å². The Morgan fingerprint density at radius 3 is 2.63 bits per heavy atom. The van der Waals surface area contributed by atoms with Gasteiger partial charge in [-0.2, -0.15) is 0 Å². The zero-order valence-electron chi connectivity index (χ0n) is 23.6. The molecule has 1 atom stereocenters. The van der Waals surface area contributed by atoms with Gasteiger partial charge in [0.25, 0.3) is 5.91 Å². The lowest BCUT2D eigenvalue weighted by molar-refractivity contribution is 0.0259. The van der Waals surface area contributed by atoms with E-state index < -0.39 is 0 Å². The summed E-state index contributed by atoms with van der Waals surface area (Å²) in [5.74, 6) is 1.64. The molecule has 2 aromatic carbocycles. The van der Waals surface area contributed by atoms with E-state index in [4.69, 9.17) is 24.9 Å². The number of methoxy groups -OCH3 is 1. The molecule has 4 heterocycles. The second kappa shape index (κ2) is 12.3. The molecule has 1 aromatic heterocycles. The molecule has 0 saturated carbocycles. The number of aromatic nitrogens is 2. The van der Waals surface area contributed by atoms with Crippen LogP contribution in [0, 0.1) is 0 Å². The van der Waals surface area contributed by atoms with Crippen LogP contribution in [0.25, 0.3) is 11.3 Å². The van der Waals surface area contributed by atoms with Crippen LogP contribution in [0.5, 0.6) is 11.5 Å². The molecule has 10 nitrogen and oxygen atoms in total. The number of nitrogens with one attached hydrogen (secondary N) is 1. The highest BCUT2D eigenvalue weighted by Gasteiger charge is 2.33. The van der Waals surface area contributed by atoms with Crippen LogP contribution in [0.15, 0.2) is 48.7 Å². The van der Waals surface area contributed by atoms with Crippen molar-refractivity contribution >= 4 is 23.2 Å². The Kier molecular flexibility index (Phi) is 8.20. The number of nitrogens with zero attached hydrogens (tertiary/aromatic N) is 4. The summed E-state index contributed by atoms with van der Waals surface area (Å²) in [4.78, 5) is 26.9. The van der Waals surface area contributed by atoms with Crippen LogP contribution in [-0.2, 0) is 4.74 Å². The van der Waals surface area contributed by atoms with Crippen molar-refractivity contribution in [1.29, 1.82) is 0 Å². The topological polar surface area (TPSA) is 115 Å². The van der Waals surface area contributed by atoms with Crippen molar-refractivity contribution in [3.8, 4) is 22.8 Å². The van der Waals surface area contributed by atoms with Crippen LogP contribution in [0.3, 0.4) is 0 Å². The molecule has 3 aliphatic rings. The standard InChI is InChI=1S/C31H38N6O4/c1-39-29-19-22(5-6-25(29)30(38)37-15-9-23(20-37)36-13-2-3-14-36)34-31-33-12-8-27(35-31)21-4-7-28(26(32)18-21)41-24-10-16-40-17-11-24/h4-8,12,18-19,23-24H,2-3,9-11,13-17,20,32H2,1H3,(H,33,34,35). The molecule has 3 fully saturated rings. The summed E-state index contributed by atoms with van der Waals surface area (Å²) in [5, 5.41) is 3.25. The van der Waals surface area contributed by atoms with Crippen molar-refractivity contribution in [2.75, 3.05) is 57.6 Å². The van der Waals surface area contributed by atoms with Crippen molar-refractivity contribution in [2.24, 2.45) is 0 Å². The van der Waals surface area contributed by atoms with E-state index in [2.05, 4.69) is 15.2 Å². The fourth-order valence-electron chi connectivity index (χ4n) is 5.94. The van der Waals surface area contributed by atoms with Gasteiger partial charge in [-0.3, -0.25) is 9.69 Å². The van der Waals surface area contributed by atoms with Crippen LogP contribution in [-0.4, -0.2) is 84.3 Å². The smallest absolute Gasteiger partial charge is 0.257 e. The second-order valence-electron chi connectivity index (χ2n) is 10.9. The summed E-state index contributed by atoms with van der Waals surface area (Å²) in [7, 11) is 1.59. The van der Waals surface area contributed by atoms with Gasteiger partial charge >= 0.3 is 0 Å². The Bertz CT molecular complexity index is 1370. The van der Waals surface area contributed by atoms with E-state index in [-0.39, 0.29) is 12.0 Å². The van der Waals surface area contributed by atoms with Gasteiger partial charge in [0, 0.05) is 55.5 Å². The number of likely N-dealkylation sites (tertiary alicyclic amines) is 2. The minimum absolute atomic E-state index is 0.00943. The zero-order valence-corrected chi connectivity index (χ0v) is 23.6. The molecule has 3 aromatic rings. The third-order valence-electron chi connectivity index (χ3n) is 8.22. The quantitative estimate of drug-likeness (QED) is 0.390.